The number of aliphatic hydroxyl groups excluding tert-OH is 1. The third kappa shape index (κ3) is 4.60. The Balaban J connectivity index is 2.04. The molecule has 0 spiro atoms. The number of hydrogen-bond donors (Lipinski definition) is 4. The number of carboxylic acid groups (broad SMARTS) is 1. The molecule has 2 atom stereocenters. The summed E-state index contributed by atoms with van der Waals surface area (Å²) in [6.07, 6.45) is -0.291. The summed E-state index contributed by atoms with van der Waals surface area (Å²) in [5, 5.41) is 22.6. The number of carbonyl (C=O) groups is 2. The van der Waals surface area contributed by atoms with Gasteiger partial charge in [-0.15, -0.1) is 0 Å². The van der Waals surface area contributed by atoms with E-state index in [-0.39, 0.29) is 19.0 Å². The SMILES string of the molecule is CC1(C)CC1CNC(=O)NCC[C@H](O)C(=O)O. The number of carbonyl (C=O) groups excluding carboxylic acids is 1. The minimum Gasteiger partial charge on any atom is -0.479 e. The van der Waals surface area contributed by atoms with E-state index in [2.05, 4.69) is 24.5 Å². The number of aliphatic hydroxyl groups is 1. The van der Waals surface area contributed by atoms with Gasteiger partial charge in [0.25, 0.3) is 0 Å². The van der Waals surface area contributed by atoms with Gasteiger partial charge >= 0.3 is 12.0 Å². The van der Waals surface area contributed by atoms with Crippen LogP contribution in [0.1, 0.15) is 26.7 Å². The molecule has 1 rings (SSSR count). The number of hydrogen-bond acceptors (Lipinski definition) is 3. The van der Waals surface area contributed by atoms with E-state index in [0.29, 0.717) is 17.9 Å². The minimum atomic E-state index is -1.42. The van der Waals surface area contributed by atoms with Gasteiger partial charge in [-0.1, -0.05) is 13.8 Å². The summed E-state index contributed by atoms with van der Waals surface area (Å²) >= 11 is 0. The Bertz CT molecular complexity index is 304. The Labute approximate surface area is 100 Å². The van der Waals surface area contributed by atoms with Crippen LogP contribution in [0.4, 0.5) is 4.79 Å². The Morgan fingerprint density at radius 3 is 2.47 bits per heavy atom. The maximum atomic E-state index is 11.3. The van der Waals surface area contributed by atoms with Crippen LogP contribution in [-0.2, 0) is 4.79 Å². The second kappa shape index (κ2) is 5.35. The molecule has 0 aliphatic heterocycles. The molecule has 6 nitrogen and oxygen atoms in total. The highest BCUT2D eigenvalue weighted by Gasteiger charge is 2.45. The van der Waals surface area contributed by atoms with Crippen LogP contribution in [0.2, 0.25) is 0 Å². The molecule has 1 aliphatic carbocycles. The molecule has 6 heteroatoms. The predicted octanol–water partition coefficient (Wildman–Crippen LogP) is 0.167. The van der Waals surface area contributed by atoms with E-state index in [0.717, 1.165) is 6.42 Å². The number of amides is 2. The van der Waals surface area contributed by atoms with Crippen LogP contribution < -0.4 is 10.6 Å². The van der Waals surface area contributed by atoms with Gasteiger partial charge in [0.15, 0.2) is 6.10 Å². The molecule has 0 radical (unpaired) electrons. The van der Waals surface area contributed by atoms with Crippen LogP contribution in [0.15, 0.2) is 0 Å². The normalized spacial score (nSPS) is 22.6. The zero-order valence-electron chi connectivity index (χ0n) is 10.2. The van der Waals surface area contributed by atoms with E-state index >= 15 is 0 Å². The summed E-state index contributed by atoms with van der Waals surface area (Å²) in [6.45, 7) is 5.09. The largest absolute Gasteiger partial charge is 0.479 e. The molecule has 1 saturated carbocycles. The molecule has 1 unspecified atom stereocenters. The van der Waals surface area contributed by atoms with Crippen molar-refractivity contribution < 1.29 is 19.8 Å². The molecule has 0 saturated heterocycles. The first kappa shape index (κ1) is 13.8. The zero-order chi connectivity index (χ0) is 13.1. The smallest absolute Gasteiger partial charge is 0.332 e. The second-order valence-electron chi connectivity index (χ2n) is 5.17. The Morgan fingerprint density at radius 2 is 2.00 bits per heavy atom. The molecule has 98 valence electrons. The van der Waals surface area contributed by atoms with Crippen molar-refractivity contribution in [3.8, 4) is 0 Å². The fourth-order valence-electron chi connectivity index (χ4n) is 1.65. The standard InChI is InChI=1S/C11H20N2O4/c1-11(2)5-7(11)6-13-10(17)12-4-3-8(14)9(15)16/h7-8,14H,3-6H2,1-2H3,(H,15,16)(H2,12,13,17)/t7?,8-/m0/s1. The van der Waals surface area contributed by atoms with Gasteiger partial charge in [0.2, 0.25) is 0 Å². The number of nitrogens with one attached hydrogen (secondary N) is 2. The van der Waals surface area contributed by atoms with Crippen LogP contribution in [0.3, 0.4) is 0 Å². The fraction of sp³-hybridized carbons (Fsp3) is 0.818. The quantitative estimate of drug-likeness (QED) is 0.535. The van der Waals surface area contributed by atoms with Gasteiger partial charge in [-0.3, -0.25) is 0 Å². The maximum Gasteiger partial charge on any atom is 0.332 e. The van der Waals surface area contributed by atoms with Gasteiger partial charge in [-0.2, -0.15) is 0 Å². The zero-order valence-corrected chi connectivity index (χ0v) is 10.2. The van der Waals surface area contributed by atoms with Gasteiger partial charge in [-0.05, 0) is 17.8 Å². The van der Waals surface area contributed by atoms with Gasteiger partial charge in [0.1, 0.15) is 0 Å². The lowest BCUT2D eigenvalue weighted by molar-refractivity contribution is -0.146. The summed E-state index contributed by atoms with van der Waals surface area (Å²) in [7, 11) is 0. The molecule has 1 aliphatic rings. The molecule has 17 heavy (non-hydrogen) atoms. The first-order valence-electron chi connectivity index (χ1n) is 5.75. The fourth-order valence-corrected chi connectivity index (χ4v) is 1.65. The molecule has 1 fully saturated rings. The van der Waals surface area contributed by atoms with E-state index in [1.807, 2.05) is 0 Å². The number of aliphatic carboxylic acids is 1. The lowest BCUT2D eigenvalue weighted by Crippen LogP contribution is -2.39. The van der Waals surface area contributed by atoms with Gasteiger partial charge in [0.05, 0.1) is 0 Å². The first-order valence-corrected chi connectivity index (χ1v) is 5.75. The highest BCUT2D eigenvalue weighted by atomic mass is 16.4. The van der Waals surface area contributed by atoms with Gasteiger partial charge in [-0.25, -0.2) is 9.59 Å². The highest BCUT2D eigenvalue weighted by Crippen LogP contribution is 2.50. The Kier molecular flexibility index (Phi) is 4.34. The highest BCUT2D eigenvalue weighted by molar-refractivity contribution is 5.74. The number of urea groups is 1. The molecule has 0 aromatic heterocycles. The lowest BCUT2D eigenvalue weighted by Gasteiger charge is -2.09. The molecular formula is C11H20N2O4. The minimum absolute atomic E-state index is 0.0116. The van der Waals surface area contributed by atoms with Crippen molar-refractivity contribution >= 4 is 12.0 Å². The van der Waals surface area contributed by atoms with Crippen molar-refractivity contribution in [2.45, 2.75) is 32.8 Å². The Morgan fingerprint density at radius 1 is 1.41 bits per heavy atom. The van der Waals surface area contributed by atoms with Crippen molar-refractivity contribution in [1.82, 2.24) is 10.6 Å². The molecular weight excluding hydrogens is 224 g/mol. The van der Waals surface area contributed by atoms with E-state index in [9.17, 15) is 9.59 Å². The predicted molar refractivity (Wildman–Crippen MR) is 61.5 cm³/mol. The first-order chi connectivity index (χ1) is 7.83. The van der Waals surface area contributed by atoms with Crippen molar-refractivity contribution in [1.29, 1.82) is 0 Å². The molecule has 0 heterocycles. The summed E-state index contributed by atoms with van der Waals surface area (Å²) in [5.74, 6) is -0.746. The van der Waals surface area contributed by atoms with Gasteiger partial charge < -0.3 is 20.8 Å². The lowest BCUT2D eigenvalue weighted by atomic mass is 10.1. The number of rotatable bonds is 6. The molecule has 0 bridgehead atoms. The molecule has 0 aromatic carbocycles. The Hall–Kier alpha value is -1.30. The second-order valence-corrected chi connectivity index (χ2v) is 5.17. The van der Waals surface area contributed by atoms with Crippen LogP contribution in [0, 0.1) is 11.3 Å². The van der Waals surface area contributed by atoms with E-state index in [1.54, 1.807) is 0 Å². The average Bonchev–Trinajstić information content (AvgIpc) is 2.83. The van der Waals surface area contributed by atoms with Crippen LogP contribution in [-0.4, -0.2) is 41.4 Å². The molecule has 0 aromatic rings. The average molecular weight is 244 g/mol. The van der Waals surface area contributed by atoms with E-state index in [1.165, 1.54) is 0 Å². The molecule has 2 amide bonds. The van der Waals surface area contributed by atoms with Gasteiger partial charge in [0, 0.05) is 19.5 Å². The van der Waals surface area contributed by atoms with Crippen molar-refractivity contribution in [2.24, 2.45) is 11.3 Å². The third-order valence-electron chi connectivity index (χ3n) is 3.21. The van der Waals surface area contributed by atoms with E-state index in [4.69, 9.17) is 10.2 Å². The van der Waals surface area contributed by atoms with Crippen molar-refractivity contribution in [3.63, 3.8) is 0 Å². The monoisotopic (exact) mass is 244 g/mol. The maximum absolute atomic E-state index is 11.3. The number of carboxylic acids is 1. The summed E-state index contributed by atoms with van der Waals surface area (Å²) in [4.78, 5) is 21.6. The van der Waals surface area contributed by atoms with Crippen LogP contribution in [0.25, 0.3) is 0 Å². The van der Waals surface area contributed by atoms with Crippen LogP contribution in [0.5, 0.6) is 0 Å². The van der Waals surface area contributed by atoms with Crippen molar-refractivity contribution in [2.75, 3.05) is 13.1 Å². The van der Waals surface area contributed by atoms with Crippen molar-refractivity contribution in [3.05, 3.63) is 0 Å². The summed E-state index contributed by atoms with van der Waals surface area (Å²) in [6, 6.07) is -0.315. The summed E-state index contributed by atoms with van der Waals surface area (Å²) < 4.78 is 0. The summed E-state index contributed by atoms with van der Waals surface area (Å²) in [5.41, 5.74) is 0.326. The topological polar surface area (TPSA) is 98.7 Å². The molecule has 4 N–H and O–H groups in total. The van der Waals surface area contributed by atoms with E-state index < -0.39 is 12.1 Å². The third-order valence-corrected chi connectivity index (χ3v) is 3.21. The van der Waals surface area contributed by atoms with Crippen LogP contribution >= 0.6 is 0 Å².